The molecule has 0 aliphatic heterocycles. The molecule has 4 rings (SSSR count). The molecule has 0 aromatic rings. The summed E-state index contributed by atoms with van der Waals surface area (Å²) in [6, 6.07) is -0.678. The van der Waals surface area contributed by atoms with Crippen LogP contribution in [0.2, 0.25) is 18.1 Å². The smallest absolute Gasteiger partial charge is 0.240 e. The molecule has 4 aliphatic carbocycles. The zero-order chi connectivity index (χ0) is 20.0. The van der Waals surface area contributed by atoms with Gasteiger partial charge >= 0.3 is 0 Å². The van der Waals surface area contributed by atoms with Crippen LogP contribution >= 0.6 is 0 Å². The van der Waals surface area contributed by atoms with E-state index in [0.717, 1.165) is 19.3 Å². The standard InChI is InChI=1S/C22H36N2O2Si/c1-21(2,3)27(4,5)8-6-7-18(19(23)25)24-20(26)22-12-15-9-16(13-22)11-17(10-15)14-22/h15-18H,7,9-14H2,1-5H3,(H2,23,25)(H,24,26)/t15?,16?,17?,18-,22?/m1/s1. The molecule has 2 amide bonds. The van der Waals surface area contributed by atoms with Crippen molar-refractivity contribution in [3.63, 3.8) is 0 Å². The van der Waals surface area contributed by atoms with Crippen molar-refractivity contribution in [3.8, 4) is 11.5 Å². The molecule has 0 heterocycles. The number of nitrogens with two attached hydrogens (primary N) is 1. The molecule has 4 aliphatic rings. The van der Waals surface area contributed by atoms with E-state index in [4.69, 9.17) is 5.73 Å². The Morgan fingerprint density at radius 3 is 2.00 bits per heavy atom. The van der Waals surface area contributed by atoms with E-state index in [9.17, 15) is 9.59 Å². The minimum Gasteiger partial charge on any atom is -0.368 e. The zero-order valence-corrected chi connectivity index (χ0v) is 18.7. The van der Waals surface area contributed by atoms with E-state index in [2.05, 4.69) is 50.6 Å². The molecule has 0 spiro atoms. The van der Waals surface area contributed by atoms with Crippen LogP contribution in [0.1, 0.15) is 65.7 Å². The summed E-state index contributed by atoms with van der Waals surface area (Å²) < 4.78 is 0. The number of amides is 2. The van der Waals surface area contributed by atoms with Gasteiger partial charge in [-0.3, -0.25) is 9.59 Å². The van der Waals surface area contributed by atoms with Gasteiger partial charge in [-0.15, -0.1) is 11.5 Å². The fourth-order valence-corrected chi connectivity index (χ4v) is 6.40. The fraction of sp³-hybridized carbons (Fsp3) is 0.818. The second-order valence-electron chi connectivity index (χ2n) is 11.0. The Hall–Kier alpha value is -1.28. The molecule has 4 nitrogen and oxygen atoms in total. The SMILES string of the molecule is CC(C)(C)[Si](C)(C)C#CC[C@@H](NC(=O)C12CC3CC(CC(C3)C1)C2)C(N)=O. The molecule has 0 saturated heterocycles. The summed E-state index contributed by atoms with van der Waals surface area (Å²) in [5.74, 6) is 4.87. The maximum Gasteiger partial charge on any atom is 0.240 e. The molecular formula is C22H36N2O2Si. The molecule has 4 fully saturated rings. The molecule has 0 aromatic heterocycles. The van der Waals surface area contributed by atoms with Crippen LogP contribution in [0.5, 0.6) is 0 Å². The average Bonchev–Trinajstić information content (AvgIpc) is 2.51. The number of nitrogens with one attached hydrogen (secondary N) is 1. The van der Waals surface area contributed by atoms with Crippen molar-refractivity contribution in [2.24, 2.45) is 28.9 Å². The zero-order valence-electron chi connectivity index (χ0n) is 17.7. The molecule has 4 bridgehead atoms. The molecule has 3 N–H and O–H groups in total. The molecular weight excluding hydrogens is 352 g/mol. The van der Waals surface area contributed by atoms with Gasteiger partial charge in [0.2, 0.25) is 11.8 Å². The first-order valence-corrected chi connectivity index (χ1v) is 13.5. The van der Waals surface area contributed by atoms with E-state index in [1.807, 2.05) is 0 Å². The van der Waals surface area contributed by atoms with Gasteiger partial charge in [0.05, 0.1) is 0 Å². The van der Waals surface area contributed by atoms with Crippen LogP contribution in [-0.2, 0) is 9.59 Å². The molecule has 0 unspecified atom stereocenters. The van der Waals surface area contributed by atoms with Crippen LogP contribution < -0.4 is 11.1 Å². The highest BCUT2D eigenvalue weighted by molar-refractivity contribution is 6.87. The number of hydrogen-bond donors (Lipinski definition) is 2. The Kier molecular flexibility index (Phi) is 5.27. The largest absolute Gasteiger partial charge is 0.368 e. The van der Waals surface area contributed by atoms with Crippen LogP contribution in [-0.4, -0.2) is 25.9 Å². The first-order chi connectivity index (χ1) is 12.4. The van der Waals surface area contributed by atoms with Gasteiger partial charge in [-0.1, -0.05) is 33.9 Å². The summed E-state index contributed by atoms with van der Waals surface area (Å²) in [5.41, 5.74) is 8.77. The molecule has 5 heteroatoms. The normalized spacial score (nSPS) is 33.1. The Balaban J connectivity index is 1.67. The first kappa shape index (κ1) is 20.5. The van der Waals surface area contributed by atoms with Gasteiger partial charge in [-0.05, 0) is 61.3 Å². The topological polar surface area (TPSA) is 72.2 Å². The summed E-state index contributed by atoms with van der Waals surface area (Å²) in [6.07, 6.45) is 7.18. The highest BCUT2D eigenvalue weighted by Crippen LogP contribution is 2.60. The van der Waals surface area contributed by atoms with Crippen molar-refractivity contribution in [2.45, 2.75) is 89.9 Å². The summed E-state index contributed by atoms with van der Waals surface area (Å²) >= 11 is 0. The van der Waals surface area contributed by atoms with Gasteiger partial charge in [0, 0.05) is 11.8 Å². The van der Waals surface area contributed by atoms with Crippen LogP contribution in [0.15, 0.2) is 0 Å². The summed E-state index contributed by atoms with van der Waals surface area (Å²) in [4.78, 5) is 25.1. The molecule has 0 aromatic carbocycles. The van der Waals surface area contributed by atoms with Gasteiger partial charge < -0.3 is 11.1 Å². The fourth-order valence-electron chi connectivity index (χ4n) is 5.48. The van der Waals surface area contributed by atoms with Crippen molar-refractivity contribution in [3.05, 3.63) is 0 Å². The minimum absolute atomic E-state index is 0.0551. The van der Waals surface area contributed by atoms with Crippen LogP contribution in [0, 0.1) is 34.6 Å². The lowest BCUT2D eigenvalue weighted by Gasteiger charge is -2.55. The van der Waals surface area contributed by atoms with E-state index < -0.39 is 20.0 Å². The van der Waals surface area contributed by atoms with E-state index in [1.54, 1.807) is 0 Å². The van der Waals surface area contributed by atoms with E-state index in [1.165, 1.54) is 19.3 Å². The van der Waals surface area contributed by atoms with Crippen molar-refractivity contribution < 1.29 is 9.59 Å². The number of carbonyl (C=O) groups excluding carboxylic acids is 2. The summed E-state index contributed by atoms with van der Waals surface area (Å²) in [7, 11) is -1.73. The van der Waals surface area contributed by atoms with Crippen LogP contribution in [0.25, 0.3) is 0 Å². The first-order valence-electron chi connectivity index (χ1n) is 10.5. The van der Waals surface area contributed by atoms with E-state index in [0.29, 0.717) is 24.2 Å². The second kappa shape index (κ2) is 6.95. The number of hydrogen-bond acceptors (Lipinski definition) is 2. The van der Waals surface area contributed by atoms with Gasteiger partial charge in [-0.25, -0.2) is 0 Å². The quantitative estimate of drug-likeness (QED) is 0.570. The third kappa shape index (κ3) is 4.11. The molecule has 27 heavy (non-hydrogen) atoms. The summed E-state index contributed by atoms with van der Waals surface area (Å²) in [5, 5.41) is 3.17. The molecule has 150 valence electrons. The maximum atomic E-state index is 13.2. The van der Waals surface area contributed by atoms with Crippen LogP contribution in [0.3, 0.4) is 0 Å². The van der Waals surface area contributed by atoms with Crippen LogP contribution in [0.4, 0.5) is 0 Å². The molecule has 0 radical (unpaired) electrons. The third-order valence-electron chi connectivity index (χ3n) is 7.75. The maximum absolute atomic E-state index is 13.2. The van der Waals surface area contributed by atoms with Gasteiger partial charge in [0.25, 0.3) is 0 Å². The highest BCUT2D eigenvalue weighted by Gasteiger charge is 2.54. The molecule has 1 atom stereocenters. The lowest BCUT2D eigenvalue weighted by Crippen LogP contribution is -2.56. The van der Waals surface area contributed by atoms with Crippen molar-refractivity contribution in [2.75, 3.05) is 0 Å². The van der Waals surface area contributed by atoms with Crippen molar-refractivity contribution in [1.29, 1.82) is 0 Å². The lowest BCUT2D eigenvalue weighted by molar-refractivity contribution is -0.148. The highest BCUT2D eigenvalue weighted by atomic mass is 28.3. The third-order valence-corrected chi connectivity index (χ3v) is 12.3. The number of carbonyl (C=O) groups is 2. The predicted molar refractivity (Wildman–Crippen MR) is 111 cm³/mol. The Bertz CT molecular complexity index is 645. The average molecular weight is 389 g/mol. The molecule has 4 saturated carbocycles. The Labute approximate surface area is 165 Å². The van der Waals surface area contributed by atoms with Gasteiger partial charge in [-0.2, -0.15) is 0 Å². The number of rotatable bonds is 4. The van der Waals surface area contributed by atoms with Crippen molar-refractivity contribution in [1.82, 2.24) is 5.32 Å². The lowest BCUT2D eigenvalue weighted by atomic mass is 9.49. The van der Waals surface area contributed by atoms with Gasteiger partial charge in [0.1, 0.15) is 14.1 Å². The van der Waals surface area contributed by atoms with Gasteiger partial charge in [0.15, 0.2) is 0 Å². The predicted octanol–water partition coefficient (Wildman–Crippen LogP) is 3.61. The number of primary amides is 1. The monoisotopic (exact) mass is 388 g/mol. The second-order valence-corrected chi connectivity index (χ2v) is 16.0. The Morgan fingerprint density at radius 1 is 1.11 bits per heavy atom. The Morgan fingerprint density at radius 2 is 1.59 bits per heavy atom. The van der Waals surface area contributed by atoms with E-state index >= 15 is 0 Å². The minimum atomic E-state index is -1.73. The van der Waals surface area contributed by atoms with Crippen molar-refractivity contribution >= 4 is 19.9 Å². The van der Waals surface area contributed by atoms with E-state index in [-0.39, 0.29) is 16.4 Å². The summed E-state index contributed by atoms with van der Waals surface area (Å²) in [6.45, 7) is 11.1.